The van der Waals surface area contributed by atoms with Gasteiger partial charge in [0.05, 0.1) is 6.54 Å². The van der Waals surface area contributed by atoms with E-state index < -0.39 is 0 Å². The summed E-state index contributed by atoms with van der Waals surface area (Å²) in [5, 5.41) is 11.7. The molecule has 3 rings (SSSR count). The molecule has 6 nitrogen and oxygen atoms in total. The van der Waals surface area contributed by atoms with Crippen LogP contribution in [0.4, 0.5) is 0 Å². The highest BCUT2D eigenvalue weighted by Gasteiger charge is 2.09. The molecule has 0 unspecified atom stereocenters. The zero-order chi connectivity index (χ0) is 19.1. The monoisotopic (exact) mass is 531 g/mol. The minimum atomic E-state index is 0. The second kappa shape index (κ2) is 11.2. The molecule has 2 aromatic carbocycles. The highest BCUT2D eigenvalue weighted by Crippen LogP contribution is 2.19. The standard InChI is InChI=1S/C19H19Cl2N5O.HI/c1-22-19(23-10-9-13-5-7-15(20)8-6-13)24-12-17-25-18(26-27-17)14-3-2-4-16(21)11-14;/h2-8,11H,9-10,12H2,1H3,(H2,22,23,24);1H. The molecular weight excluding hydrogens is 512 g/mol. The Morgan fingerprint density at radius 3 is 2.57 bits per heavy atom. The van der Waals surface area contributed by atoms with E-state index in [1.807, 2.05) is 36.4 Å². The fraction of sp³-hybridized carbons (Fsp3) is 0.211. The molecule has 0 spiro atoms. The van der Waals surface area contributed by atoms with Crippen LogP contribution in [0.5, 0.6) is 0 Å². The van der Waals surface area contributed by atoms with Gasteiger partial charge in [0.25, 0.3) is 0 Å². The lowest BCUT2D eigenvalue weighted by Crippen LogP contribution is -2.37. The van der Waals surface area contributed by atoms with Crippen molar-refractivity contribution in [3.63, 3.8) is 0 Å². The van der Waals surface area contributed by atoms with Crippen LogP contribution in [0.1, 0.15) is 11.5 Å². The SMILES string of the molecule is CN=C(NCCc1ccc(Cl)cc1)NCc1nc(-c2cccc(Cl)c2)no1.I. The van der Waals surface area contributed by atoms with Crippen molar-refractivity contribution in [2.45, 2.75) is 13.0 Å². The molecule has 1 heterocycles. The van der Waals surface area contributed by atoms with Crippen LogP contribution < -0.4 is 10.6 Å². The molecule has 1 aromatic heterocycles. The Hall–Kier alpha value is -1.84. The van der Waals surface area contributed by atoms with Gasteiger partial charge in [-0.3, -0.25) is 4.99 Å². The molecular formula is C19H20Cl2IN5O. The maximum absolute atomic E-state index is 5.99. The van der Waals surface area contributed by atoms with Crippen LogP contribution in [-0.2, 0) is 13.0 Å². The minimum absolute atomic E-state index is 0. The van der Waals surface area contributed by atoms with Crippen LogP contribution in [0, 0.1) is 0 Å². The Bertz CT molecular complexity index is 915. The molecule has 0 amide bonds. The molecule has 0 atom stereocenters. The van der Waals surface area contributed by atoms with Gasteiger partial charge in [-0.05, 0) is 36.2 Å². The van der Waals surface area contributed by atoms with Gasteiger partial charge in [-0.2, -0.15) is 4.98 Å². The van der Waals surface area contributed by atoms with E-state index in [2.05, 4.69) is 25.8 Å². The number of benzene rings is 2. The summed E-state index contributed by atoms with van der Waals surface area (Å²) in [4.78, 5) is 8.56. The summed E-state index contributed by atoms with van der Waals surface area (Å²) >= 11 is 11.9. The molecule has 0 aliphatic rings. The van der Waals surface area contributed by atoms with Crippen molar-refractivity contribution in [2.75, 3.05) is 13.6 Å². The van der Waals surface area contributed by atoms with Gasteiger partial charge in [-0.15, -0.1) is 24.0 Å². The third-order valence-corrected chi connectivity index (χ3v) is 4.29. The molecule has 0 aliphatic heterocycles. The Morgan fingerprint density at radius 2 is 1.86 bits per heavy atom. The maximum atomic E-state index is 5.99. The lowest BCUT2D eigenvalue weighted by atomic mass is 10.1. The summed E-state index contributed by atoms with van der Waals surface area (Å²) in [7, 11) is 1.71. The number of hydrogen-bond donors (Lipinski definition) is 2. The first-order chi connectivity index (χ1) is 13.1. The number of nitrogens with one attached hydrogen (secondary N) is 2. The van der Waals surface area contributed by atoms with Gasteiger partial charge >= 0.3 is 0 Å². The van der Waals surface area contributed by atoms with Gasteiger partial charge < -0.3 is 15.2 Å². The fourth-order valence-electron chi connectivity index (χ4n) is 2.43. The molecule has 0 radical (unpaired) electrons. The summed E-state index contributed by atoms with van der Waals surface area (Å²) in [6.45, 7) is 1.10. The maximum Gasteiger partial charge on any atom is 0.246 e. The van der Waals surface area contributed by atoms with E-state index in [4.69, 9.17) is 27.7 Å². The third-order valence-electron chi connectivity index (χ3n) is 3.80. The summed E-state index contributed by atoms with van der Waals surface area (Å²) < 4.78 is 5.28. The van der Waals surface area contributed by atoms with Gasteiger partial charge in [0, 0.05) is 29.2 Å². The average molecular weight is 532 g/mol. The molecule has 28 heavy (non-hydrogen) atoms. The quantitative estimate of drug-likeness (QED) is 0.277. The zero-order valence-corrected chi connectivity index (χ0v) is 19.0. The number of guanidine groups is 1. The number of nitrogens with zero attached hydrogens (tertiary/aromatic N) is 3. The largest absolute Gasteiger partial charge is 0.356 e. The molecule has 0 saturated heterocycles. The zero-order valence-electron chi connectivity index (χ0n) is 15.2. The summed E-state index contributed by atoms with van der Waals surface area (Å²) in [6, 6.07) is 15.1. The van der Waals surface area contributed by atoms with E-state index in [-0.39, 0.29) is 24.0 Å². The van der Waals surface area contributed by atoms with Crippen LogP contribution in [0.15, 0.2) is 58.0 Å². The molecule has 0 fully saturated rings. The van der Waals surface area contributed by atoms with Gasteiger partial charge in [-0.25, -0.2) is 0 Å². The second-order valence-electron chi connectivity index (χ2n) is 5.75. The molecule has 0 aliphatic carbocycles. The van der Waals surface area contributed by atoms with Crippen LogP contribution in [0.3, 0.4) is 0 Å². The third kappa shape index (κ3) is 6.65. The summed E-state index contributed by atoms with van der Waals surface area (Å²) in [5.41, 5.74) is 2.01. The predicted octanol–water partition coefficient (Wildman–Crippen LogP) is 4.57. The molecule has 0 bridgehead atoms. The molecule has 0 saturated carbocycles. The molecule has 9 heteroatoms. The van der Waals surface area contributed by atoms with E-state index in [0.29, 0.717) is 29.2 Å². The Kier molecular flexibility index (Phi) is 9.01. The van der Waals surface area contributed by atoms with Gasteiger partial charge in [0.15, 0.2) is 5.96 Å². The van der Waals surface area contributed by atoms with E-state index >= 15 is 0 Å². The van der Waals surface area contributed by atoms with Crippen molar-refractivity contribution in [1.82, 2.24) is 20.8 Å². The summed E-state index contributed by atoms with van der Waals surface area (Å²) in [5.74, 6) is 1.62. The number of aromatic nitrogens is 2. The Morgan fingerprint density at radius 1 is 1.07 bits per heavy atom. The van der Waals surface area contributed by atoms with Crippen molar-refractivity contribution in [1.29, 1.82) is 0 Å². The van der Waals surface area contributed by atoms with E-state index in [1.54, 1.807) is 19.2 Å². The number of aliphatic imine (C=N–C) groups is 1. The van der Waals surface area contributed by atoms with Gasteiger partial charge in [-0.1, -0.05) is 52.6 Å². The number of hydrogen-bond acceptors (Lipinski definition) is 4. The number of halogens is 3. The van der Waals surface area contributed by atoms with E-state index in [1.165, 1.54) is 5.56 Å². The Labute approximate surface area is 190 Å². The van der Waals surface area contributed by atoms with Crippen LogP contribution in [0.25, 0.3) is 11.4 Å². The lowest BCUT2D eigenvalue weighted by Gasteiger charge is -2.10. The van der Waals surface area contributed by atoms with Crippen LogP contribution in [0.2, 0.25) is 10.0 Å². The van der Waals surface area contributed by atoms with E-state index in [0.717, 1.165) is 23.6 Å². The highest BCUT2D eigenvalue weighted by atomic mass is 127. The first kappa shape index (κ1) is 22.4. The topological polar surface area (TPSA) is 75.3 Å². The average Bonchev–Trinajstić information content (AvgIpc) is 3.15. The smallest absolute Gasteiger partial charge is 0.246 e. The first-order valence-corrected chi connectivity index (χ1v) is 9.17. The molecule has 3 aromatic rings. The van der Waals surface area contributed by atoms with Crippen molar-refractivity contribution < 1.29 is 4.52 Å². The van der Waals surface area contributed by atoms with Crippen molar-refractivity contribution >= 4 is 53.1 Å². The Balaban J connectivity index is 0.00000280. The normalized spacial score (nSPS) is 11.0. The highest BCUT2D eigenvalue weighted by molar-refractivity contribution is 14.0. The number of rotatable bonds is 6. The van der Waals surface area contributed by atoms with Crippen molar-refractivity contribution in [3.8, 4) is 11.4 Å². The minimum Gasteiger partial charge on any atom is -0.356 e. The predicted molar refractivity (Wildman–Crippen MR) is 124 cm³/mol. The van der Waals surface area contributed by atoms with Gasteiger partial charge in [0.1, 0.15) is 0 Å². The van der Waals surface area contributed by atoms with Crippen LogP contribution in [-0.4, -0.2) is 29.7 Å². The molecule has 2 N–H and O–H groups in total. The van der Waals surface area contributed by atoms with E-state index in [9.17, 15) is 0 Å². The van der Waals surface area contributed by atoms with Crippen molar-refractivity contribution in [2.24, 2.45) is 4.99 Å². The first-order valence-electron chi connectivity index (χ1n) is 8.41. The summed E-state index contributed by atoms with van der Waals surface area (Å²) in [6.07, 6.45) is 0.858. The fourth-order valence-corrected chi connectivity index (χ4v) is 2.74. The molecule has 148 valence electrons. The van der Waals surface area contributed by atoms with Crippen LogP contribution >= 0.6 is 47.2 Å². The van der Waals surface area contributed by atoms with Crippen molar-refractivity contribution in [3.05, 3.63) is 70.0 Å². The van der Waals surface area contributed by atoms with Gasteiger partial charge in [0.2, 0.25) is 11.7 Å². The second-order valence-corrected chi connectivity index (χ2v) is 6.62. The lowest BCUT2D eigenvalue weighted by molar-refractivity contribution is 0.375.